The third-order valence-corrected chi connectivity index (χ3v) is 4.54. The molecule has 1 aromatic carbocycles. The number of fused-ring (bicyclic) bond motifs is 1. The molecule has 2 aliphatic rings. The Labute approximate surface area is 124 Å². The standard InChI is InChI=1S/C16H22N2O3/c1-9-3-4-13(10(2)5-9)18-16(19)11-6-14-15(7-12(11)17)21-8-20-14/h6-7,9-10,13H,3-5,8,17H2,1-2H3,(H,18,19). The molecule has 1 saturated carbocycles. The molecule has 3 rings (SSSR count). The zero-order valence-corrected chi connectivity index (χ0v) is 12.5. The molecule has 3 N–H and O–H groups in total. The summed E-state index contributed by atoms with van der Waals surface area (Å²) < 4.78 is 10.6. The van der Waals surface area contributed by atoms with Crippen LogP contribution in [0.4, 0.5) is 5.69 Å². The molecule has 0 radical (unpaired) electrons. The van der Waals surface area contributed by atoms with Crippen LogP contribution in [-0.2, 0) is 0 Å². The van der Waals surface area contributed by atoms with Crippen LogP contribution in [0.1, 0.15) is 43.5 Å². The third-order valence-electron chi connectivity index (χ3n) is 4.54. The Kier molecular flexibility index (Phi) is 3.66. The second-order valence-electron chi connectivity index (χ2n) is 6.27. The summed E-state index contributed by atoms with van der Waals surface area (Å²) in [6.07, 6.45) is 3.34. The normalized spacial score (nSPS) is 27.4. The van der Waals surface area contributed by atoms with Crippen molar-refractivity contribution in [2.24, 2.45) is 11.8 Å². The number of benzene rings is 1. The molecule has 21 heavy (non-hydrogen) atoms. The Bertz CT molecular complexity index is 559. The average Bonchev–Trinajstić information content (AvgIpc) is 2.88. The lowest BCUT2D eigenvalue weighted by molar-refractivity contribution is 0.0900. The van der Waals surface area contributed by atoms with E-state index < -0.39 is 0 Å². The van der Waals surface area contributed by atoms with Crippen molar-refractivity contribution in [3.05, 3.63) is 17.7 Å². The van der Waals surface area contributed by atoms with Gasteiger partial charge in [0.15, 0.2) is 11.5 Å². The Morgan fingerprint density at radius 1 is 1.24 bits per heavy atom. The van der Waals surface area contributed by atoms with Crippen LogP contribution < -0.4 is 20.5 Å². The number of ether oxygens (including phenoxy) is 2. The second-order valence-corrected chi connectivity index (χ2v) is 6.27. The quantitative estimate of drug-likeness (QED) is 0.821. The van der Waals surface area contributed by atoms with Crippen LogP contribution in [-0.4, -0.2) is 18.7 Å². The van der Waals surface area contributed by atoms with Crippen LogP contribution in [0.2, 0.25) is 0 Å². The van der Waals surface area contributed by atoms with Crippen LogP contribution >= 0.6 is 0 Å². The van der Waals surface area contributed by atoms with Crippen molar-refractivity contribution in [1.82, 2.24) is 5.32 Å². The summed E-state index contributed by atoms with van der Waals surface area (Å²) in [5.41, 5.74) is 6.85. The number of rotatable bonds is 2. The predicted molar refractivity (Wildman–Crippen MR) is 80.4 cm³/mol. The first-order chi connectivity index (χ1) is 10.0. The van der Waals surface area contributed by atoms with Crippen LogP contribution in [0.3, 0.4) is 0 Å². The molecule has 114 valence electrons. The third kappa shape index (κ3) is 2.77. The van der Waals surface area contributed by atoms with Gasteiger partial charge in [-0.25, -0.2) is 0 Å². The molecule has 1 fully saturated rings. The van der Waals surface area contributed by atoms with E-state index in [4.69, 9.17) is 15.2 Å². The lowest BCUT2D eigenvalue weighted by Crippen LogP contribution is -2.42. The van der Waals surface area contributed by atoms with E-state index in [9.17, 15) is 4.79 Å². The van der Waals surface area contributed by atoms with Crippen molar-refractivity contribution in [2.75, 3.05) is 12.5 Å². The number of amides is 1. The van der Waals surface area contributed by atoms with E-state index in [1.165, 1.54) is 0 Å². The Hall–Kier alpha value is -1.91. The first-order valence-electron chi connectivity index (χ1n) is 7.54. The molecular formula is C16H22N2O3. The highest BCUT2D eigenvalue weighted by Gasteiger charge is 2.28. The molecule has 3 unspecified atom stereocenters. The highest BCUT2D eigenvalue weighted by molar-refractivity contribution is 6.00. The van der Waals surface area contributed by atoms with E-state index in [0.29, 0.717) is 28.7 Å². The summed E-state index contributed by atoms with van der Waals surface area (Å²) in [6, 6.07) is 3.55. The lowest BCUT2D eigenvalue weighted by Gasteiger charge is -2.33. The molecule has 1 aliphatic carbocycles. The first kappa shape index (κ1) is 14.0. The highest BCUT2D eigenvalue weighted by Crippen LogP contribution is 2.36. The molecule has 1 amide bonds. The molecule has 5 nitrogen and oxygen atoms in total. The molecule has 1 heterocycles. The Morgan fingerprint density at radius 2 is 1.95 bits per heavy atom. The maximum atomic E-state index is 12.5. The lowest BCUT2D eigenvalue weighted by atomic mass is 9.80. The largest absolute Gasteiger partial charge is 0.454 e. The topological polar surface area (TPSA) is 73.6 Å². The van der Waals surface area contributed by atoms with Gasteiger partial charge in [0.2, 0.25) is 6.79 Å². The van der Waals surface area contributed by atoms with Gasteiger partial charge in [-0.3, -0.25) is 4.79 Å². The van der Waals surface area contributed by atoms with Gasteiger partial charge in [-0.2, -0.15) is 0 Å². The van der Waals surface area contributed by atoms with Gasteiger partial charge in [0, 0.05) is 17.8 Å². The highest BCUT2D eigenvalue weighted by atomic mass is 16.7. The van der Waals surface area contributed by atoms with E-state index in [0.717, 1.165) is 25.2 Å². The summed E-state index contributed by atoms with van der Waals surface area (Å²) in [4.78, 5) is 12.5. The van der Waals surface area contributed by atoms with Gasteiger partial charge in [-0.1, -0.05) is 13.8 Å². The summed E-state index contributed by atoms with van der Waals surface area (Å²) in [7, 11) is 0. The maximum absolute atomic E-state index is 12.5. The van der Waals surface area contributed by atoms with Crippen LogP contribution in [0, 0.1) is 11.8 Å². The molecule has 0 bridgehead atoms. The fourth-order valence-electron chi connectivity index (χ4n) is 3.28. The number of nitrogens with one attached hydrogen (secondary N) is 1. The second kappa shape index (κ2) is 5.47. The van der Waals surface area contributed by atoms with Gasteiger partial charge >= 0.3 is 0 Å². The van der Waals surface area contributed by atoms with Gasteiger partial charge in [-0.15, -0.1) is 0 Å². The number of anilines is 1. The molecule has 0 saturated heterocycles. The molecule has 1 aromatic rings. The Morgan fingerprint density at radius 3 is 2.67 bits per heavy atom. The SMILES string of the molecule is CC1CCC(NC(=O)c2cc3c(cc2N)OCO3)C(C)C1. The molecule has 0 spiro atoms. The van der Waals surface area contributed by atoms with Crippen molar-refractivity contribution in [2.45, 2.75) is 39.2 Å². The number of carbonyl (C=O) groups excluding carboxylic acids is 1. The van der Waals surface area contributed by atoms with E-state index in [1.807, 2.05) is 0 Å². The smallest absolute Gasteiger partial charge is 0.253 e. The van der Waals surface area contributed by atoms with Gasteiger partial charge in [0.1, 0.15) is 0 Å². The van der Waals surface area contributed by atoms with Gasteiger partial charge in [0.25, 0.3) is 5.91 Å². The average molecular weight is 290 g/mol. The minimum atomic E-state index is -0.128. The zero-order valence-electron chi connectivity index (χ0n) is 12.5. The molecule has 0 aromatic heterocycles. The van der Waals surface area contributed by atoms with Crippen molar-refractivity contribution in [1.29, 1.82) is 0 Å². The maximum Gasteiger partial charge on any atom is 0.253 e. The molecule has 3 atom stereocenters. The Balaban J connectivity index is 1.74. The fourth-order valence-corrected chi connectivity index (χ4v) is 3.28. The zero-order chi connectivity index (χ0) is 15.0. The van der Waals surface area contributed by atoms with Crippen LogP contribution in [0.15, 0.2) is 12.1 Å². The van der Waals surface area contributed by atoms with Gasteiger partial charge in [-0.05, 0) is 37.2 Å². The molecule has 1 aliphatic heterocycles. The van der Waals surface area contributed by atoms with Crippen molar-refractivity contribution >= 4 is 11.6 Å². The van der Waals surface area contributed by atoms with E-state index in [1.54, 1.807) is 12.1 Å². The van der Waals surface area contributed by atoms with Gasteiger partial charge in [0.05, 0.1) is 5.56 Å². The number of hydrogen-bond donors (Lipinski definition) is 2. The van der Waals surface area contributed by atoms with E-state index in [-0.39, 0.29) is 18.7 Å². The minimum absolute atomic E-state index is 0.128. The number of nitrogen functional groups attached to an aromatic ring is 1. The first-order valence-corrected chi connectivity index (χ1v) is 7.54. The summed E-state index contributed by atoms with van der Waals surface area (Å²) in [6.45, 7) is 4.64. The minimum Gasteiger partial charge on any atom is -0.454 e. The molecular weight excluding hydrogens is 268 g/mol. The van der Waals surface area contributed by atoms with E-state index >= 15 is 0 Å². The van der Waals surface area contributed by atoms with Crippen molar-refractivity contribution in [3.63, 3.8) is 0 Å². The van der Waals surface area contributed by atoms with Crippen LogP contribution in [0.25, 0.3) is 0 Å². The fraction of sp³-hybridized carbons (Fsp3) is 0.562. The number of carbonyl (C=O) groups is 1. The van der Waals surface area contributed by atoms with Gasteiger partial charge < -0.3 is 20.5 Å². The monoisotopic (exact) mass is 290 g/mol. The predicted octanol–water partition coefficient (Wildman–Crippen LogP) is 2.55. The van der Waals surface area contributed by atoms with Crippen molar-refractivity contribution in [3.8, 4) is 11.5 Å². The summed E-state index contributed by atoms with van der Waals surface area (Å²) >= 11 is 0. The van der Waals surface area contributed by atoms with Crippen molar-refractivity contribution < 1.29 is 14.3 Å². The van der Waals surface area contributed by atoms with E-state index in [2.05, 4.69) is 19.2 Å². The summed E-state index contributed by atoms with van der Waals surface area (Å²) in [5.74, 6) is 2.29. The molecule has 5 heteroatoms. The van der Waals surface area contributed by atoms with Crippen LogP contribution in [0.5, 0.6) is 11.5 Å². The number of hydrogen-bond acceptors (Lipinski definition) is 4. The summed E-state index contributed by atoms with van der Waals surface area (Å²) in [5, 5.41) is 3.12. The number of nitrogens with two attached hydrogens (primary N) is 1.